The Morgan fingerprint density at radius 2 is 2.00 bits per heavy atom. The van der Waals surface area contributed by atoms with Gasteiger partial charge < -0.3 is 0 Å². The molecule has 1 aliphatic rings. The van der Waals surface area contributed by atoms with E-state index in [9.17, 15) is 0 Å². The summed E-state index contributed by atoms with van der Waals surface area (Å²) >= 11 is 0. The van der Waals surface area contributed by atoms with Crippen LogP contribution in [-0.2, 0) is 11.8 Å². The molecule has 0 atom stereocenters. The van der Waals surface area contributed by atoms with Gasteiger partial charge in [0.1, 0.15) is 5.82 Å². The highest BCUT2D eigenvalue weighted by Crippen LogP contribution is 2.51. The van der Waals surface area contributed by atoms with Gasteiger partial charge in [0.2, 0.25) is 0 Å². The Balaban J connectivity index is 1.92. The second kappa shape index (κ2) is 3.99. The number of aromatic nitrogens is 3. The summed E-state index contributed by atoms with van der Waals surface area (Å²) in [5, 5.41) is 7.47. The van der Waals surface area contributed by atoms with Crippen molar-refractivity contribution in [1.29, 1.82) is 0 Å². The van der Waals surface area contributed by atoms with Crippen molar-refractivity contribution in [2.45, 2.75) is 38.0 Å². The van der Waals surface area contributed by atoms with Gasteiger partial charge in [0, 0.05) is 6.42 Å². The minimum Gasteiger partial charge on any atom is -0.263 e. The number of benzene rings is 1. The van der Waals surface area contributed by atoms with E-state index in [1.165, 1.54) is 18.4 Å². The molecule has 3 nitrogen and oxygen atoms in total. The first-order valence-corrected chi connectivity index (χ1v) is 6.32. The maximum absolute atomic E-state index is 4.64. The predicted octanol–water partition coefficient (Wildman–Crippen LogP) is 2.84. The van der Waals surface area contributed by atoms with Crippen molar-refractivity contribution in [3.63, 3.8) is 0 Å². The normalized spacial score (nSPS) is 17.0. The lowest BCUT2D eigenvalue weighted by Gasteiger charge is -2.10. The smallest absolute Gasteiger partial charge is 0.161 e. The third kappa shape index (κ3) is 1.75. The molecule has 0 radical (unpaired) electrons. The van der Waals surface area contributed by atoms with E-state index >= 15 is 0 Å². The van der Waals surface area contributed by atoms with Crippen molar-refractivity contribution in [3.05, 3.63) is 47.5 Å². The van der Waals surface area contributed by atoms with E-state index in [2.05, 4.69) is 52.4 Å². The quantitative estimate of drug-likeness (QED) is 0.872. The Morgan fingerprint density at radius 1 is 1.24 bits per heavy atom. The molecule has 88 valence electrons. The van der Waals surface area contributed by atoms with Gasteiger partial charge >= 0.3 is 0 Å². The first-order valence-electron chi connectivity index (χ1n) is 6.32. The van der Waals surface area contributed by atoms with Gasteiger partial charge in [-0.2, -0.15) is 5.10 Å². The van der Waals surface area contributed by atoms with E-state index in [1.54, 1.807) is 0 Å². The highest BCUT2D eigenvalue weighted by atomic mass is 15.2. The number of nitrogens with zero attached hydrogens (tertiary/aromatic N) is 2. The van der Waals surface area contributed by atoms with Gasteiger partial charge in [-0.05, 0) is 24.8 Å². The number of rotatable bonds is 4. The average Bonchev–Trinajstić information content (AvgIpc) is 3.06. The first-order chi connectivity index (χ1) is 8.35. The Hall–Kier alpha value is -1.64. The van der Waals surface area contributed by atoms with Gasteiger partial charge in [-0.15, -0.1) is 0 Å². The summed E-state index contributed by atoms with van der Waals surface area (Å²) in [7, 11) is 0. The number of H-pyrrole nitrogens is 1. The molecule has 0 bridgehead atoms. The lowest BCUT2D eigenvalue weighted by molar-refractivity contribution is 0.760. The zero-order valence-electron chi connectivity index (χ0n) is 10.1. The van der Waals surface area contributed by atoms with Crippen LogP contribution >= 0.6 is 0 Å². The molecule has 1 saturated carbocycles. The summed E-state index contributed by atoms with van der Waals surface area (Å²) in [4.78, 5) is 4.64. The molecule has 2 aromatic rings. The van der Waals surface area contributed by atoms with Crippen molar-refractivity contribution < 1.29 is 0 Å². The molecule has 1 aliphatic carbocycles. The van der Waals surface area contributed by atoms with E-state index in [0.717, 1.165) is 24.5 Å². The topological polar surface area (TPSA) is 41.6 Å². The standard InChI is InChI=1S/C14H17N3/c1-2-6-12-15-13(17-16-12)14(9-10-14)11-7-4-3-5-8-11/h3-5,7-8H,2,6,9-10H2,1H3,(H,15,16,17). The van der Waals surface area contributed by atoms with Crippen LogP contribution in [0.25, 0.3) is 0 Å². The van der Waals surface area contributed by atoms with Gasteiger partial charge in [0.25, 0.3) is 0 Å². The highest BCUT2D eigenvalue weighted by molar-refractivity contribution is 5.38. The van der Waals surface area contributed by atoms with Crippen LogP contribution in [0.4, 0.5) is 0 Å². The Labute approximate surface area is 101 Å². The molecule has 0 unspecified atom stereocenters. The largest absolute Gasteiger partial charge is 0.263 e. The fraction of sp³-hybridized carbons (Fsp3) is 0.429. The highest BCUT2D eigenvalue weighted by Gasteiger charge is 2.49. The fourth-order valence-electron chi connectivity index (χ4n) is 2.38. The van der Waals surface area contributed by atoms with Gasteiger partial charge in [-0.25, -0.2) is 4.98 Å². The second-order valence-electron chi connectivity index (χ2n) is 4.80. The van der Waals surface area contributed by atoms with Crippen LogP contribution in [0.2, 0.25) is 0 Å². The molecule has 1 heterocycles. The molecule has 0 amide bonds. The van der Waals surface area contributed by atoms with E-state index in [-0.39, 0.29) is 5.41 Å². The fourth-order valence-corrected chi connectivity index (χ4v) is 2.38. The van der Waals surface area contributed by atoms with Crippen LogP contribution in [0.1, 0.15) is 43.4 Å². The molecule has 0 aliphatic heterocycles. The number of nitrogens with one attached hydrogen (secondary N) is 1. The van der Waals surface area contributed by atoms with Crippen LogP contribution in [0, 0.1) is 0 Å². The minimum atomic E-state index is 0.101. The Kier molecular flexibility index (Phi) is 2.46. The molecular formula is C14H17N3. The van der Waals surface area contributed by atoms with Crippen molar-refractivity contribution in [1.82, 2.24) is 15.2 Å². The summed E-state index contributed by atoms with van der Waals surface area (Å²) in [6, 6.07) is 10.6. The first kappa shape index (κ1) is 10.5. The van der Waals surface area contributed by atoms with Crippen molar-refractivity contribution in [2.24, 2.45) is 0 Å². The van der Waals surface area contributed by atoms with Gasteiger partial charge in [0.15, 0.2) is 5.82 Å². The van der Waals surface area contributed by atoms with Crippen molar-refractivity contribution >= 4 is 0 Å². The van der Waals surface area contributed by atoms with E-state index in [0.29, 0.717) is 0 Å². The number of hydrogen-bond donors (Lipinski definition) is 1. The van der Waals surface area contributed by atoms with Crippen LogP contribution in [-0.4, -0.2) is 15.2 Å². The van der Waals surface area contributed by atoms with Gasteiger partial charge in [-0.1, -0.05) is 37.3 Å². The van der Waals surface area contributed by atoms with Crippen LogP contribution in [0.3, 0.4) is 0 Å². The molecule has 0 spiro atoms. The Bertz CT molecular complexity index is 497. The number of aromatic amines is 1. The third-order valence-electron chi connectivity index (χ3n) is 3.52. The van der Waals surface area contributed by atoms with Crippen molar-refractivity contribution in [2.75, 3.05) is 0 Å². The monoisotopic (exact) mass is 227 g/mol. The van der Waals surface area contributed by atoms with Crippen LogP contribution in [0.15, 0.2) is 30.3 Å². The average molecular weight is 227 g/mol. The van der Waals surface area contributed by atoms with E-state index < -0.39 is 0 Å². The van der Waals surface area contributed by atoms with Crippen molar-refractivity contribution in [3.8, 4) is 0 Å². The molecule has 17 heavy (non-hydrogen) atoms. The third-order valence-corrected chi connectivity index (χ3v) is 3.52. The molecule has 3 rings (SSSR count). The molecule has 1 N–H and O–H groups in total. The van der Waals surface area contributed by atoms with Crippen LogP contribution < -0.4 is 0 Å². The maximum Gasteiger partial charge on any atom is 0.161 e. The zero-order chi connectivity index (χ0) is 11.7. The summed E-state index contributed by atoms with van der Waals surface area (Å²) in [5.41, 5.74) is 1.45. The maximum atomic E-state index is 4.64. The minimum absolute atomic E-state index is 0.101. The van der Waals surface area contributed by atoms with Crippen LogP contribution in [0.5, 0.6) is 0 Å². The van der Waals surface area contributed by atoms with Gasteiger partial charge in [0.05, 0.1) is 5.41 Å². The number of aryl methyl sites for hydroxylation is 1. The summed E-state index contributed by atoms with van der Waals surface area (Å²) in [6.07, 6.45) is 4.42. The molecular weight excluding hydrogens is 210 g/mol. The Morgan fingerprint density at radius 3 is 2.65 bits per heavy atom. The SMILES string of the molecule is CCCc1nc(C2(c3ccccc3)CC2)n[nH]1. The van der Waals surface area contributed by atoms with E-state index in [4.69, 9.17) is 0 Å². The molecule has 3 heteroatoms. The lowest BCUT2D eigenvalue weighted by atomic mass is 9.95. The van der Waals surface area contributed by atoms with Gasteiger partial charge in [-0.3, -0.25) is 5.10 Å². The second-order valence-corrected chi connectivity index (χ2v) is 4.80. The summed E-state index contributed by atoms with van der Waals surface area (Å²) in [5.74, 6) is 2.00. The lowest BCUT2D eigenvalue weighted by Crippen LogP contribution is -2.10. The zero-order valence-corrected chi connectivity index (χ0v) is 10.1. The number of hydrogen-bond acceptors (Lipinski definition) is 2. The summed E-state index contributed by atoms with van der Waals surface area (Å²) < 4.78 is 0. The molecule has 1 fully saturated rings. The molecule has 1 aromatic carbocycles. The molecule has 1 aromatic heterocycles. The van der Waals surface area contributed by atoms with E-state index in [1.807, 2.05) is 0 Å². The molecule has 0 saturated heterocycles. The predicted molar refractivity (Wildman–Crippen MR) is 66.8 cm³/mol. The summed E-state index contributed by atoms with van der Waals surface area (Å²) in [6.45, 7) is 2.16.